The van der Waals surface area contributed by atoms with Gasteiger partial charge in [0.2, 0.25) is 0 Å². The van der Waals surface area contributed by atoms with Crippen LogP contribution in [0.2, 0.25) is 0 Å². The molecule has 3 nitrogen and oxygen atoms in total. The van der Waals surface area contributed by atoms with Gasteiger partial charge in [0.15, 0.2) is 0 Å². The third-order valence-electron chi connectivity index (χ3n) is 3.13. The standard InChI is InChI=1S/C13H22N2O/c1-9-6-7-10(2)11(8-9)12(15-14)13(3,4)16-5/h6-8,12,15H,14H2,1-5H3. The van der Waals surface area contributed by atoms with Crippen molar-refractivity contribution in [2.75, 3.05) is 7.11 Å². The molecule has 1 atom stereocenters. The average molecular weight is 222 g/mol. The Morgan fingerprint density at radius 1 is 1.31 bits per heavy atom. The summed E-state index contributed by atoms with van der Waals surface area (Å²) in [5.74, 6) is 5.66. The van der Waals surface area contributed by atoms with Crippen molar-refractivity contribution in [1.82, 2.24) is 5.43 Å². The zero-order chi connectivity index (χ0) is 12.3. The molecule has 0 radical (unpaired) electrons. The number of nitrogens with one attached hydrogen (secondary N) is 1. The van der Waals surface area contributed by atoms with Crippen LogP contribution in [0.5, 0.6) is 0 Å². The second kappa shape index (κ2) is 4.95. The van der Waals surface area contributed by atoms with Gasteiger partial charge in [-0.2, -0.15) is 0 Å². The first-order chi connectivity index (χ1) is 7.42. The van der Waals surface area contributed by atoms with Crippen LogP contribution in [-0.4, -0.2) is 12.7 Å². The normalized spacial score (nSPS) is 13.9. The summed E-state index contributed by atoms with van der Waals surface area (Å²) in [5, 5.41) is 0. The SMILES string of the molecule is COC(C)(C)C(NN)c1cc(C)ccc1C. The third kappa shape index (κ3) is 2.61. The van der Waals surface area contributed by atoms with Crippen LogP contribution >= 0.6 is 0 Å². The summed E-state index contributed by atoms with van der Waals surface area (Å²) in [6.07, 6.45) is 0. The van der Waals surface area contributed by atoms with E-state index in [0.29, 0.717) is 0 Å². The largest absolute Gasteiger partial charge is 0.377 e. The van der Waals surface area contributed by atoms with Crippen LogP contribution in [0.25, 0.3) is 0 Å². The van der Waals surface area contributed by atoms with Crippen LogP contribution < -0.4 is 11.3 Å². The smallest absolute Gasteiger partial charge is 0.0829 e. The van der Waals surface area contributed by atoms with E-state index in [1.54, 1.807) is 7.11 Å². The molecule has 0 bridgehead atoms. The second-order valence-corrected chi connectivity index (χ2v) is 4.77. The van der Waals surface area contributed by atoms with Crippen molar-refractivity contribution >= 4 is 0 Å². The van der Waals surface area contributed by atoms with Crippen LogP contribution in [-0.2, 0) is 4.74 Å². The van der Waals surface area contributed by atoms with Gasteiger partial charge in [-0.15, -0.1) is 0 Å². The average Bonchev–Trinajstić information content (AvgIpc) is 2.24. The molecule has 0 aliphatic heterocycles. The van der Waals surface area contributed by atoms with E-state index in [9.17, 15) is 0 Å². The van der Waals surface area contributed by atoms with E-state index < -0.39 is 0 Å². The molecule has 0 saturated carbocycles. The Bertz CT molecular complexity index is 361. The Balaban J connectivity index is 3.18. The Kier molecular flexibility index (Phi) is 4.08. The number of hydrogen-bond acceptors (Lipinski definition) is 3. The molecule has 0 aliphatic carbocycles. The summed E-state index contributed by atoms with van der Waals surface area (Å²) in [5.41, 5.74) is 6.15. The summed E-state index contributed by atoms with van der Waals surface area (Å²) in [6.45, 7) is 8.22. The molecule has 0 aliphatic rings. The summed E-state index contributed by atoms with van der Waals surface area (Å²) in [4.78, 5) is 0. The molecular weight excluding hydrogens is 200 g/mol. The zero-order valence-electron chi connectivity index (χ0n) is 10.8. The highest BCUT2D eigenvalue weighted by Crippen LogP contribution is 2.30. The summed E-state index contributed by atoms with van der Waals surface area (Å²) < 4.78 is 5.50. The van der Waals surface area contributed by atoms with Crippen molar-refractivity contribution in [1.29, 1.82) is 0 Å². The van der Waals surface area contributed by atoms with E-state index in [2.05, 4.69) is 37.5 Å². The Labute approximate surface area is 98.0 Å². The van der Waals surface area contributed by atoms with E-state index in [1.807, 2.05) is 13.8 Å². The maximum absolute atomic E-state index is 5.66. The van der Waals surface area contributed by atoms with Crippen molar-refractivity contribution in [3.63, 3.8) is 0 Å². The highest BCUT2D eigenvalue weighted by Gasteiger charge is 2.30. The van der Waals surface area contributed by atoms with Gasteiger partial charge in [0, 0.05) is 7.11 Å². The molecule has 3 N–H and O–H groups in total. The highest BCUT2D eigenvalue weighted by atomic mass is 16.5. The third-order valence-corrected chi connectivity index (χ3v) is 3.13. The van der Waals surface area contributed by atoms with Gasteiger partial charge < -0.3 is 4.74 Å². The van der Waals surface area contributed by atoms with Crippen LogP contribution in [0.15, 0.2) is 18.2 Å². The molecule has 1 aromatic carbocycles. The maximum Gasteiger partial charge on any atom is 0.0829 e. The van der Waals surface area contributed by atoms with E-state index in [4.69, 9.17) is 10.6 Å². The monoisotopic (exact) mass is 222 g/mol. The van der Waals surface area contributed by atoms with Crippen LogP contribution in [0.4, 0.5) is 0 Å². The van der Waals surface area contributed by atoms with Crippen molar-refractivity contribution in [3.8, 4) is 0 Å². The van der Waals surface area contributed by atoms with Gasteiger partial charge in [-0.3, -0.25) is 11.3 Å². The molecule has 0 heterocycles. The zero-order valence-corrected chi connectivity index (χ0v) is 10.8. The molecule has 1 aromatic rings. The predicted octanol–water partition coefficient (Wildman–Crippen LogP) is 2.23. The molecule has 3 heteroatoms. The number of methoxy groups -OCH3 is 1. The van der Waals surface area contributed by atoms with E-state index in [0.717, 1.165) is 0 Å². The summed E-state index contributed by atoms with van der Waals surface area (Å²) in [6, 6.07) is 6.35. The molecule has 0 aromatic heterocycles. The van der Waals surface area contributed by atoms with Crippen molar-refractivity contribution in [2.45, 2.75) is 39.3 Å². The first kappa shape index (κ1) is 13.2. The van der Waals surface area contributed by atoms with E-state index in [-0.39, 0.29) is 11.6 Å². The van der Waals surface area contributed by atoms with Crippen LogP contribution in [0.3, 0.4) is 0 Å². The fourth-order valence-corrected chi connectivity index (χ4v) is 1.85. The molecule has 90 valence electrons. The summed E-state index contributed by atoms with van der Waals surface area (Å²) >= 11 is 0. The molecule has 0 spiro atoms. The topological polar surface area (TPSA) is 47.3 Å². The second-order valence-electron chi connectivity index (χ2n) is 4.77. The number of rotatable bonds is 4. The lowest BCUT2D eigenvalue weighted by atomic mass is 9.88. The molecule has 1 unspecified atom stereocenters. The van der Waals surface area contributed by atoms with Gasteiger partial charge in [-0.05, 0) is 38.8 Å². The molecule has 0 amide bonds. The number of hydrazine groups is 1. The summed E-state index contributed by atoms with van der Waals surface area (Å²) in [7, 11) is 1.70. The van der Waals surface area contributed by atoms with E-state index in [1.165, 1.54) is 16.7 Å². The maximum atomic E-state index is 5.66. The number of nitrogens with two attached hydrogens (primary N) is 1. The lowest BCUT2D eigenvalue weighted by Gasteiger charge is -2.34. The number of hydrogen-bond donors (Lipinski definition) is 2. The number of aryl methyl sites for hydroxylation is 2. The molecule has 0 fully saturated rings. The Morgan fingerprint density at radius 3 is 2.44 bits per heavy atom. The quantitative estimate of drug-likeness (QED) is 0.606. The molecule has 0 saturated heterocycles. The highest BCUT2D eigenvalue weighted by molar-refractivity contribution is 5.34. The first-order valence-corrected chi connectivity index (χ1v) is 5.51. The molecule has 1 rings (SSSR count). The Morgan fingerprint density at radius 2 is 1.94 bits per heavy atom. The molecular formula is C13H22N2O. The minimum Gasteiger partial charge on any atom is -0.377 e. The minimum absolute atomic E-state index is 0.0163. The van der Waals surface area contributed by atoms with Crippen LogP contribution in [0, 0.1) is 13.8 Å². The van der Waals surface area contributed by atoms with Gasteiger partial charge in [-0.25, -0.2) is 0 Å². The lowest BCUT2D eigenvalue weighted by molar-refractivity contribution is -0.0113. The van der Waals surface area contributed by atoms with Gasteiger partial charge >= 0.3 is 0 Å². The predicted molar refractivity (Wildman–Crippen MR) is 67.1 cm³/mol. The number of ether oxygens (including phenoxy) is 1. The van der Waals surface area contributed by atoms with Gasteiger partial charge in [-0.1, -0.05) is 23.8 Å². The van der Waals surface area contributed by atoms with Gasteiger partial charge in [0.25, 0.3) is 0 Å². The van der Waals surface area contributed by atoms with Crippen molar-refractivity contribution in [3.05, 3.63) is 34.9 Å². The Hall–Kier alpha value is -0.900. The fraction of sp³-hybridized carbons (Fsp3) is 0.538. The number of benzene rings is 1. The van der Waals surface area contributed by atoms with Gasteiger partial charge in [0.05, 0.1) is 11.6 Å². The fourth-order valence-electron chi connectivity index (χ4n) is 1.85. The first-order valence-electron chi connectivity index (χ1n) is 5.51. The van der Waals surface area contributed by atoms with Crippen LogP contribution in [0.1, 0.15) is 36.6 Å². The lowest BCUT2D eigenvalue weighted by Crippen LogP contribution is -2.44. The van der Waals surface area contributed by atoms with E-state index >= 15 is 0 Å². The van der Waals surface area contributed by atoms with Crippen molar-refractivity contribution < 1.29 is 4.74 Å². The van der Waals surface area contributed by atoms with Crippen molar-refractivity contribution in [2.24, 2.45) is 5.84 Å². The minimum atomic E-state index is -0.340. The molecule has 16 heavy (non-hydrogen) atoms. The van der Waals surface area contributed by atoms with Gasteiger partial charge in [0.1, 0.15) is 0 Å².